The molecule has 9 heteroatoms. The van der Waals surface area contributed by atoms with Gasteiger partial charge < -0.3 is 9.80 Å². The van der Waals surface area contributed by atoms with Gasteiger partial charge in [0, 0.05) is 47.5 Å². The highest BCUT2D eigenvalue weighted by atomic mass is 35.5. The summed E-state index contributed by atoms with van der Waals surface area (Å²) in [4.78, 5) is 17.3. The molecule has 0 N–H and O–H groups in total. The predicted octanol–water partition coefficient (Wildman–Crippen LogP) is 6.35. The molecule has 1 saturated heterocycles. The van der Waals surface area contributed by atoms with Crippen molar-refractivity contribution in [2.75, 3.05) is 35.4 Å². The summed E-state index contributed by atoms with van der Waals surface area (Å²) in [5.74, 6) is -0.0756. The minimum absolute atomic E-state index is 0.00706. The zero-order valence-corrected chi connectivity index (χ0v) is 23.4. The minimum Gasteiger partial charge on any atom is -0.368 e. The second-order valence-corrected chi connectivity index (χ2v) is 12.0. The van der Waals surface area contributed by atoms with Crippen LogP contribution in [-0.4, -0.2) is 45.4 Å². The normalized spacial score (nSPS) is 13.8. The maximum atomic E-state index is 13.8. The molecule has 6 nitrogen and oxygen atoms in total. The van der Waals surface area contributed by atoms with Crippen molar-refractivity contribution in [3.05, 3.63) is 124 Å². The van der Waals surface area contributed by atoms with Crippen LogP contribution in [0.3, 0.4) is 0 Å². The van der Waals surface area contributed by atoms with E-state index in [4.69, 9.17) is 23.2 Å². The third kappa shape index (κ3) is 6.22. The van der Waals surface area contributed by atoms with E-state index in [0.717, 1.165) is 24.3 Å². The van der Waals surface area contributed by atoms with Gasteiger partial charge in [-0.15, -0.1) is 0 Å². The standard InChI is InChI=1S/C30H27Cl2N3O3S/c31-25-19-26(32)21-29(20-25)39(37,38)35(22-23-7-3-1-4-8-23)28-13-11-24(12-14-28)30(36)34-17-15-33(16-18-34)27-9-5-2-6-10-27/h1-14,19-21H,15-18,22H2. The Hall–Kier alpha value is -3.52. The number of carbonyl (C=O) groups excluding carboxylic acids is 1. The topological polar surface area (TPSA) is 60.9 Å². The smallest absolute Gasteiger partial charge is 0.264 e. The maximum absolute atomic E-state index is 13.8. The third-order valence-corrected chi connectivity index (χ3v) is 8.87. The number of piperazine rings is 1. The molecule has 0 bridgehead atoms. The van der Waals surface area contributed by atoms with Gasteiger partial charge in [0.25, 0.3) is 15.9 Å². The second-order valence-electron chi connectivity index (χ2n) is 9.26. The van der Waals surface area contributed by atoms with E-state index in [1.165, 1.54) is 22.5 Å². The predicted molar refractivity (Wildman–Crippen MR) is 157 cm³/mol. The van der Waals surface area contributed by atoms with E-state index >= 15 is 0 Å². The fourth-order valence-electron chi connectivity index (χ4n) is 4.63. The number of rotatable bonds is 7. The Labute approximate surface area is 239 Å². The zero-order chi connectivity index (χ0) is 27.4. The number of carbonyl (C=O) groups is 1. The maximum Gasteiger partial charge on any atom is 0.264 e. The third-order valence-electron chi connectivity index (χ3n) is 6.68. The van der Waals surface area contributed by atoms with Crippen LogP contribution in [0.15, 0.2) is 108 Å². The molecule has 1 fully saturated rings. The van der Waals surface area contributed by atoms with Crippen LogP contribution in [0.25, 0.3) is 0 Å². The highest BCUT2D eigenvalue weighted by molar-refractivity contribution is 7.92. The Balaban J connectivity index is 1.37. The molecular formula is C30H27Cl2N3O3S. The summed E-state index contributed by atoms with van der Waals surface area (Å²) in [6.45, 7) is 2.82. The van der Waals surface area contributed by atoms with Crippen LogP contribution in [0.5, 0.6) is 0 Å². The molecule has 1 aliphatic heterocycles. The lowest BCUT2D eigenvalue weighted by Gasteiger charge is -2.36. The van der Waals surface area contributed by atoms with Crippen LogP contribution in [0.2, 0.25) is 10.0 Å². The molecule has 4 aromatic carbocycles. The number of sulfonamides is 1. The number of hydrogen-bond acceptors (Lipinski definition) is 4. The first kappa shape index (κ1) is 27.1. The lowest BCUT2D eigenvalue weighted by molar-refractivity contribution is 0.0747. The summed E-state index contributed by atoms with van der Waals surface area (Å²) in [6.07, 6.45) is 0. The van der Waals surface area contributed by atoms with Gasteiger partial charge in [-0.1, -0.05) is 71.7 Å². The molecule has 0 spiro atoms. The Kier molecular flexibility index (Phi) is 8.12. The molecule has 1 amide bonds. The summed E-state index contributed by atoms with van der Waals surface area (Å²) in [6, 6.07) is 30.4. The Morgan fingerprint density at radius 3 is 1.90 bits per heavy atom. The summed E-state index contributed by atoms with van der Waals surface area (Å²) < 4.78 is 28.9. The highest BCUT2D eigenvalue weighted by Gasteiger charge is 2.27. The van der Waals surface area contributed by atoms with Gasteiger partial charge in [-0.2, -0.15) is 0 Å². The Bertz CT molecular complexity index is 1520. The largest absolute Gasteiger partial charge is 0.368 e. The molecule has 0 saturated carbocycles. The van der Waals surface area contributed by atoms with Crippen molar-refractivity contribution in [1.82, 2.24) is 4.90 Å². The van der Waals surface area contributed by atoms with E-state index < -0.39 is 10.0 Å². The number of amides is 1. The quantitative estimate of drug-likeness (QED) is 0.256. The molecule has 39 heavy (non-hydrogen) atoms. The van der Waals surface area contributed by atoms with Crippen LogP contribution in [0.4, 0.5) is 11.4 Å². The molecular weight excluding hydrogens is 553 g/mol. The first-order valence-corrected chi connectivity index (χ1v) is 14.7. The van der Waals surface area contributed by atoms with Crippen molar-refractivity contribution in [2.45, 2.75) is 11.4 Å². The average Bonchev–Trinajstić information content (AvgIpc) is 2.96. The van der Waals surface area contributed by atoms with Crippen LogP contribution in [0.1, 0.15) is 15.9 Å². The molecule has 0 radical (unpaired) electrons. The van der Waals surface area contributed by atoms with Crippen molar-refractivity contribution in [2.24, 2.45) is 0 Å². The first-order chi connectivity index (χ1) is 18.8. The van der Waals surface area contributed by atoms with E-state index in [0.29, 0.717) is 24.3 Å². The van der Waals surface area contributed by atoms with Crippen LogP contribution < -0.4 is 9.21 Å². The van der Waals surface area contributed by atoms with Crippen molar-refractivity contribution in [3.63, 3.8) is 0 Å². The highest BCUT2D eigenvalue weighted by Crippen LogP contribution is 2.30. The molecule has 0 unspecified atom stereocenters. The van der Waals surface area contributed by atoms with Gasteiger partial charge >= 0.3 is 0 Å². The fraction of sp³-hybridized carbons (Fsp3) is 0.167. The van der Waals surface area contributed by atoms with Crippen LogP contribution >= 0.6 is 23.2 Å². The van der Waals surface area contributed by atoms with Gasteiger partial charge in [-0.05, 0) is 60.2 Å². The number of anilines is 2. The number of hydrogen-bond donors (Lipinski definition) is 0. The van der Waals surface area contributed by atoms with E-state index in [2.05, 4.69) is 17.0 Å². The van der Waals surface area contributed by atoms with Gasteiger partial charge in [-0.3, -0.25) is 9.10 Å². The van der Waals surface area contributed by atoms with Crippen molar-refractivity contribution in [1.29, 1.82) is 0 Å². The average molecular weight is 581 g/mol. The van der Waals surface area contributed by atoms with E-state index in [1.54, 1.807) is 24.3 Å². The molecule has 1 heterocycles. The molecule has 0 aromatic heterocycles. The Morgan fingerprint density at radius 1 is 0.744 bits per heavy atom. The van der Waals surface area contributed by atoms with Crippen molar-refractivity contribution in [3.8, 4) is 0 Å². The van der Waals surface area contributed by atoms with Gasteiger partial charge in [0.05, 0.1) is 17.1 Å². The minimum atomic E-state index is -4.02. The molecule has 200 valence electrons. The lowest BCUT2D eigenvalue weighted by Crippen LogP contribution is -2.48. The summed E-state index contributed by atoms with van der Waals surface area (Å²) in [7, 11) is -4.02. The second kappa shape index (κ2) is 11.7. The van der Waals surface area contributed by atoms with Gasteiger partial charge in [0.2, 0.25) is 0 Å². The van der Waals surface area contributed by atoms with E-state index in [1.807, 2.05) is 53.4 Å². The number of para-hydroxylation sites is 1. The van der Waals surface area contributed by atoms with Crippen LogP contribution in [0, 0.1) is 0 Å². The lowest BCUT2D eigenvalue weighted by atomic mass is 10.1. The molecule has 1 aliphatic rings. The Morgan fingerprint density at radius 2 is 1.31 bits per heavy atom. The summed E-state index contributed by atoms with van der Waals surface area (Å²) in [5.41, 5.74) is 2.90. The number of benzene rings is 4. The van der Waals surface area contributed by atoms with Crippen LogP contribution in [-0.2, 0) is 16.6 Å². The number of halogens is 2. The summed E-state index contributed by atoms with van der Waals surface area (Å²) >= 11 is 12.3. The molecule has 0 aliphatic carbocycles. The van der Waals surface area contributed by atoms with Gasteiger partial charge in [0.15, 0.2) is 0 Å². The molecule has 4 aromatic rings. The first-order valence-electron chi connectivity index (χ1n) is 12.5. The summed E-state index contributed by atoms with van der Waals surface area (Å²) in [5, 5.41) is 0.461. The molecule has 0 atom stereocenters. The SMILES string of the molecule is O=C(c1ccc(N(Cc2ccccc2)S(=O)(=O)c2cc(Cl)cc(Cl)c2)cc1)N1CCN(c2ccccc2)CC1. The van der Waals surface area contributed by atoms with Gasteiger partial charge in [0.1, 0.15) is 0 Å². The van der Waals surface area contributed by atoms with E-state index in [9.17, 15) is 13.2 Å². The number of nitrogens with zero attached hydrogens (tertiary/aromatic N) is 3. The van der Waals surface area contributed by atoms with Crippen molar-refractivity contribution >= 4 is 50.5 Å². The van der Waals surface area contributed by atoms with Crippen molar-refractivity contribution < 1.29 is 13.2 Å². The zero-order valence-electron chi connectivity index (χ0n) is 21.1. The molecule has 5 rings (SSSR count). The van der Waals surface area contributed by atoms with E-state index in [-0.39, 0.29) is 27.4 Å². The fourth-order valence-corrected chi connectivity index (χ4v) is 6.81. The van der Waals surface area contributed by atoms with Gasteiger partial charge in [-0.25, -0.2) is 8.42 Å². The monoisotopic (exact) mass is 579 g/mol.